The molecule has 12 heavy (non-hydrogen) atoms. The van der Waals surface area contributed by atoms with E-state index in [-0.39, 0.29) is 12.2 Å². The highest BCUT2D eigenvalue weighted by Gasteiger charge is 2.63. The average molecular weight is 169 g/mol. The molecule has 0 aromatic rings. The molecule has 1 spiro atoms. The molecule has 2 aliphatic carbocycles. The van der Waals surface area contributed by atoms with Crippen LogP contribution < -0.4 is 5.32 Å². The molecule has 0 aromatic heterocycles. The van der Waals surface area contributed by atoms with Crippen molar-refractivity contribution in [3.05, 3.63) is 0 Å². The molecule has 0 unspecified atom stereocenters. The zero-order valence-corrected chi connectivity index (χ0v) is 7.59. The van der Waals surface area contributed by atoms with Crippen molar-refractivity contribution in [1.82, 2.24) is 5.32 Å². The predicted octanol–water partition coefficient (Wildman–Crippen LogP) is 1.67. The topological polar surface area (TPSA) is 38.3 Å². The van der Waals surface area contributed by atoms with E-state index in [1.807, 2.05) is 13.8 Å². The second kappa shape index (κ2) is 2.38. The largest absolute Gasteiger partial charge is 0.447 e. The summed E-state index contributed by atoms with van der Waals surface area (Å²) in [7, 11) is 0. The SMILES string of the molecule is CC(C)OC(=O)N[C@@H]1CC12CC2. The molecule has 1 amide bonds. The zero-order valence-electron chi connectivity index (χ0n) is 7.59. The maximum absolute atomic E-state index is 11.1. The van der Waals surface area contributed by atoms with Gasteiger partial charge in [0.15, 0.2) is 0 Å². The monoisotopic (exact) mass is 169 g/mol. The summed E-state index contributed by atoms with van der Waals surface area (Å²) in [5.74, 6) is 0. The lowest BCUT2D eigenvalue weighted by Gasteiger charge is -2.08. The summed E-state index contributed by atoms with van der Waals surface area (Å²) in [6.07, 6.45) is 3.48. The normalized spacial score (nSPS) is 28.8. The molecule has 2 fully saturated rings. The Morgan fingerprint density at radius 2 is 2.25 bits per heavy atom. The molecule has 0 aliphatic heterocycles. The molecule has 1 N–H and O–H groups in total. The molecular formula is C9H15NO2. The summed E-state index contributed by atoms with van der Waals surface area (Å²) in [5.41, 5.74) is 0.524. The molecule has 0 heterocycles. The van der Waals surface area contributed by atoms with E-state index in [9.17, 15) is 4.79 Å². The Labute approximate surface area is 72.5 Å². The second-order valence-corrected chi connectivity index (χ2v) is 4.22. The van der Waals surface area contributed by atoms with Gasteiger partial charge < -0.3 is 10.1 Å². The maximum Gasteiger partial charge on any atom is 0.407 e. The summed E-state index contributed by atoms with van der Waals surface area (Å²) >= 11 is 0. The molecule has 0 saturated heterocycles. The van der Waals surface area contributed by atoms with Crippen LogP contribution in [0.25, 0.3) is 0 Å². The highest BCUT2D eigenvalue weighted by molar-refractivity contribution is 5.68. The molecule has 68 valence electrons. The van der Waals surface area contributed by atoms with E-state index < -0.39 is 0 Å². The van der Waals surface area contributed by atoms with Gasteiger partial charge in [0, 0.05) is 6.04 Å². The standard InChI is InChI=1S/C9H15NO2/c1-6(2)12-8(11)10-7-5-9(7)3-4-9/h6-7H,3-5H2,1-2H3,(H,10,11)/t7-/m1/s1. The number of nitrogens with one attached hydrogen (secondary N) is 1. The number of hydrogen-bond acceptors (Lipinski definition) is 2. The quantitative estimate of drug-likeness (QED) is 0.683. The Morgan fingerprint density at radius 1 is 1.58 bits per heavy atom. The molecule has 2 rings (SSSR count). The first-order valence-corrected chi connectivity index (χ1v) is 4.59. The summed E-state index contributed by atoms with van der Waals surface area (Å²) in [6.45, 7) is 3.72. The lowest BCUT2D eigenvalue weighted by atomic mass is 10.4. The minimum atomic E-state index is -0.251. The molecular weight excluding hydrogens is 154 g/mol. The van der Waals surface area contributed by atoms with E-state index in [4.69, 9.17) is 4.74 Å². The fourth-order valence-corrected chi connectivity index (χ4v) is 1.66. The van der Waals surface area contributed by atoms with Crippen LogP contribution in [0.5, 0.6) is 0 Å². The van der Waals surface area contributed by atoms with Crippen molar-refractivity contribution in [2.75, 3.05) is 0 Å². The number of rotatable bonds is 2. The molecule has 0 radical (unpaired) electrons. The van der Waals surface area contributed by atoms with E-state index in [0.717, 1.165) is 0 Å². The van der Waals surface area contributed by atoms with Gasteiger partial charge in [-0.05, 0) is 38.5 Å². The summed E-state index contributed by atoms with van der Waals surface area (Å²) in [6, 6.07) is 0.420. The third kappa shape index (κ3) is 1.40. The van der Waals surface area contributed by atoms with Gasteiger partial charge in [-0.1, -0.05) is 0 Å². The zero-order chi connectivity index (χ0) is 8.77. The number of carbonyl (C=O) groups excluding carboxylic acids is 1. The van der Waals surface area contributed by atoms with Crippen LogP contribution >= 0.6 is 0 Å². The van der Waals surface area contributed by atoms with Crippen LogP contribution in [0.3, 0.4) is 0 Å². The lowest BCUT2D eigenvalue weighted by Crippen LogP contribution is -2.29. The molecule has 0 aromatic carbocycles. The van der Waals surface area contributed by atoms with Gasteiger partial charge in [0.25, 0.3) is 0 Å². The van der Waals surface area contributed by atoms with E-state index >= 15 is 0 Å². The molecule has 1 atom stereocenters. The third-order valence-corrected chi connectivity index (χ3v) is 2.72. The first-order chi connectivity index (χ1) is 5.62. The fraction of sp³-hybridized carbons (Fsp3) is 0.889. The third-order valence-electron chi connectivity index (χ3n) is 2.72. The van der Waals surface area contributed by atoms with Gasteiger partial charge in [-0.2, -0.15) is 0 Å². The van der Waals surface area contributed by atoms with Gasteiger partial charge in [0.05, 0.1) is 6.10 Å². The van der Waals surface area contributed by atoms with Gasteiger partial charge in [0.1, 0.15) is 0 Å². The van der Waals surface area contributed by atoms with Crippen LogP contribution in [0, 0.1) is 5.41 Å². The number of alkyl carbamates (subject to hydrolysis) is 1. The molecule has 2 saturated carbocycles. The maximum atomic E-state index is 11.1. The number of ether oxygens (including phenoxy) is 1. The molecule has 3 nitrogen and oxygen atoms in total. The van der Waals surface area contributed by atoms with Crippen LogP contribution in [0.1, 0.15) is 33.1 Å². The highest BCUT2D eigenvalue weighted by Crippen LogP contribution is 2.65. The van der Waals surface area contributed by atoms with Crippen LogP contribution in [-0.2, 0) is 4.74 Å². The first-order valence-electron chi connectivity index (χ1n) is 4.59. The smallest absolute Gasteiger partial charge is 0.407 e. The van der Waals surface area contributed by atoms with E-state index in [2.05, 4.69) is 5.32 Å². The summed E-state index contributed by atoms with van der Waals surface area (Å²) in [4.78, 5) is 11.1. The van der Waals surface area contributed by atoms with Crippen molar-refractivity contribution < 1.29 is 9.53 Å². The number of amides is 1. The van der Waals surface area contributed by atoms with Gasteiger partial charge in [-0.3, -0.25) is 0 Å². The molecule has 0 bridgehead atoms. The van der Waals surface area contributed by atoms with Crippen molar-refractivity contribution in [2.45, 2.75) is 45.3 Å². The van der Waals surface area contributed by atoms with Gasteiger partial charge in [-0.15, -0.1) is 0 Å². The van der Waals surface area contributed by atoms with Crippen LogP contribution in [0.15, 0.2) is 0 Å². The number of hydrogen-bond donors (Lipinski definition) is 1. The van der Waals surface area contributed by atoms with E-state index in [1.165, 1.54) is 19.3 Å². The van der Waals surface area contributed by atoms with Crippen molar-refractivity contribution >= 4 is 6.09 Å². The van der Waals surface area contributed by atoms with Crippen molar-refractivity contribution in [1.29, 1.82) is 0 Å². The van der Waals surface area contributed by atoms with Crippen LogP contribution in [-0.4, -0.2) is 18.2 Å². The first kappa shape index (κ1) is 7.90. The van der Waals surface area contributed by atoms with Crippen molar-refractivity contribution in [2.24, 2.45) is 5.41 Å². The minimum absolute atomic E-state index is 0.0149. The predicted molar refractivity (Wildman–Crippen MR) is 44.8 cm³/mol. The Hall–Kier alpha value is -0.730. The van der Waals surface area contributed by atoms with Crippen LogP contribution in [0.2, 0.25) is 0 Å². The van der Waals surface area contributed by atoms with Crippen LogP contribution in [0.4, 0.5) is 4.79 Å². The molecule has 2 aliphatic rings. The lowest BCUT2D eigenvalue weighted by molar-refractivity contribution is 0.114. The second-order valence-electron chi connectivity index (χ2n) is 4.22. The average Bonchev–Trinajstić information content (AvgIpc) is 2.75. The highest BCUT2D eigenvalue weighted by atomic mass is 16.6. The van der Waals surface area contributed by atoms with Crippen molar-refractivity contribution in [3.63, 3.8) is 0 Å². The van der Waals surface area contributed by atoms with Gasteiger partial charge in [-0.25, -0.2) is 4.79 Å². The summed E-state index contributed by atoms with van der Waals surface area (Å²) < 4.78 is 4.97. The Morgan fingerprint density at radius 3 is 2.67 bits per heavy atom. The number of carbonyl (C=O) groups is 1. The van der Waals surface area contributed by atoms with E-state index in [0.29, 0.717) is 11.5 Å². The summed E-state index contributed by atoms with van der Waals surface area (Å²) in [5, 5.41) is 2.88. The van der Waals surface area contributed by atoms with Crippen molar-refractivity contribution in [3.8, 4) is 0 Å². The van der Waals surface area contributed by atoms with Gasteiger partial charge in [0.2, 0.25) is 0 Å². The van der Waals surface area contributed by atoms with Gasteiger partial charge >= 0.3 is 6.09 Å². The minimum Gasteiger partial charge on any atom is -0.447 e. The Balaban J connectivity index is 1.70. The Kier molecular flexibility index (Phi) is 1.56. The fourth-order valence-electron chi connectivity index (χ4n) is 1.66. The Bertz CT molecular complexity index is 209. The molecule has 3 heteroatoms. The van der Waals surface area contributed by atoms with E-state index in [1.54, 1.807) is 0 Å².